The SMILES string of the molecule is CC1=C(C)C[C@@H](C(=O)[O-])[C@@H](C(=O)Nc2ccc(N3C(=O)c4ccccc4C3=O)cc2)C1. The number of carbonyl (C=O) groups excluding carboxylic acids is 4. The first-order valence-electron chi connectivity index (χ1n) is 10.0. The van der Waals surface area contributed by atoms with Crippen LogP contribution in [0.4, 0.5) is 11.4 Å². The van der Waals surface area contributed by atoms with Crippen LogP contribution in [0.2, 0.25) is 0 Å². The summed E-state index contributed by atoms with van der Waals surface area (Å²) in [6, 6.07) is 12.9. The molecule has 1 aliphatic heterocycles. The third-order valence-electron chi connectivity index (χ3n) is 6.09. The molecule has 2 aliphatic rings. The number of rotatable bonds is 4. The Hall–Kier alpha value is -3.74. The van der Waals surface area contributed by atoms with Gasteiger partial charge < -0.3 is 15.2 Å². The van der Waals surface area contributed by atoms with Gasteiger partial charge in [-0.2, -0.15) is 0 Å². The third kappa shape index (κ3) is 3.63. The van der Waals surface area contributed by atoms with Crippen molar-refractivity contribution in [3.05, 3.63) is 70.8 Å². The van der Waals surface area contributed by atoms with E-state index >= 15 is 0 Å². The van der Waals surface area contributed by atoms with Gasteiger partial charge in [-0.05, 0) is 63.1 Å². The Balaban J connectivity index is 1.51. The number of nitrogens with one attached hydrogen (secondary N) is 1. The maximum absolute atomic E-state index is 12.8. The molecule has 4 rings (SSSR count). The Kier molecular flexibility index (Phi) is 5.19. The van der Waals surface area contributed by atoms with Crippen molar-refractivity contribution in [2.45, 2.75) is 26.7 Å². The molecule has 2 aromatic rings. The summed E-state index contributed by atoms with van der Waals surface area (Å²) in [6.07, 6.45) is 0.661. The number of nitrogens with zero attached hydrogens (tertiary/aromatic N) is 1. The van der Waals surface area contributed by atoms with Crippen LogP contribution in [0.1, 0.15) is 47.4 Å². The quantitative estimate of drug-likeness (QED) is 0.608. The molecule has 0 spiro atoms. The van der Waals surface area contributed by atoms with Crippen LogP contribution in [0.25, 0.3) is 0 Å². The zero-order valence-corrected chi connectivity index (χ0v) is 17.2. The summed E-state index contributed by atoms with van der Waals surface area (Å²) < 4.78 is 0. The van der Waals surface area contributed by atoms with E-state index in [9.17, 15) is 24.3 Å². The summed E-state index contributed by atoms with van der Waals surface area (Å²) in [6.45, 7) is 3.77. The highest BCUT2D eigenvalue weighted by Crippen LogP contribution is 2.35. The molecule has 0 bridgehead atoms. The van der Waals surface area contributed by atoms with Crippen LogP contribution in [0.5, 0.6) is 0 Å². The van der Waals surface area contributed by atoms with Gasteiger partial charge in [0.15, 0.2) is 0 Å². The summed E-state index contributed by atoms with van der Waals surface area (Å²) in [5, 5.41) is 14.3. The highest BCUT2D eigenvalue weighted by molar-refractivity contribution is 6.34. The molecule has 3 amide bonds. The molecule has 7 nitrogen and oxygen atoms in total. The lowest BCUT2D eigenvalue weighted by Gasteiger charge is -2.32. The molecule has 31 heavy (non-hydrogen) atoms. The van der Waals surface area contributed by atoms with Gasteiger partial charge in [0.1, 0.15) is 0 Å². The molecule has 1 heterocycles. The lowest BCUT2D eigenvalue weighted by Crippen LogP contribution is -2.42. The monoisotopic (exact) mass is 417 g/mol. The van der Waals surface area contributed by atoms with Crippen LogP contribution in [-0.2, 0) is 9.59 Å². The molecular weight excluding hydrogens is 396 g/mol. The molecule has 0 radical (unpaired) electrons. The number of benzene rings is 2. The minimum atomic E-state index is -1.23. The van der Waals surface area contributed by atoms with Crippen molar-refractivity contribution >= 4 is 35.1 Å². The van der Waals surface area contributed by atoms with Crippen LogP contribution in [0, 0.1) is 11.8 Å². The van der Waals surface area contributed by atoms with E-state index in [-0.39, 0.29) is 0 Å². The first kappa shape index (κ1) is 20.5. The number of carboxylic acid groups (broad SMARTS) is 1. The van der Waals surface area contributed by atoms with E-state index in [1.807, 2.05) is 13.8 Å². The first-order valence-corrected chi connectivity index (χ1v) is 10.0. The van der Waals surface area contributed by atoms with E-state index < -0.39 is 35.5 Å². The topological polar surface area (TPSA) is 107 Å². The van der Waals surface area contributed by atoms with Crippen molar-refractivity contribution in [3.63, 3.8) is 0 Å². The second-order valence-corrected chi connectivity index (χ2v) is 8.03. The number of hydrogen-bond acceptors (Lipinski definition) is 5. The number of imide groups is 1. The number of amides is 3. The third-order valence-corrected chi connectivity index (χ3v) is 6.09. The second kappa shape index (κ2) is 7.83. The normalized spacial score (nSPS) is 20.6. The Morgan fingerprint density at radius 1 is 0.871 bits per heavy atom. The van der Waals surface area contributed by atoms with Gasteiger partial charge in [-0.15, -0.1) is 0 Å². The molecule has 2 atom stereocenters. The van der Waals surface area contributed by atoms with Crippen molar-refractivity contribution in [2.24, 2.45) is 11.8 Å². The molecular formula is C24H21N2O5-. The molecule has 0 unspecified atom stereocenters. The van der Waals surface area contributed by atoms with Gasteiger partial charge in [0.2, 0.25) is 5.91 Å². The molecule has 1 N–H and O–H groups in total. The summed E-state index contributed by atoms with van der Waals surface area (Å²) >= 11 is 0. The molecule has 0 saturated carbocycles. The number of fused-ring (bicyclic) bond motifs is 1. The summed E-state index contributed by atoms with van der Waals surface area (Å²) in [7, 11) is 0. The summed E-state index contributed by atoms with van der Waals surface area (Å²) in [4.78, 5) is 50.6. The largest absolute Gasteiger partial charge is 0.550 e. The minimum Gasteiger partial charge on any atom is -0.550 e. The van der Waals surface area contributed by atoms with E-state index in [2.05, 4.69) is 5.32 Å². The zero-order valence-electron chi connectivity index (χ0n) is 17.2. The van der Waals surface area contributed by atoms with E-state index in [1.165, 1.54) is 0 Å². The number of carbonyl (C=O) groups is 4. The number of aliphatic carboxylic acids is 1. The lowest BCUT2D eigenvalue weighted by atomic mass is 9.76. The van der Waals surface area contributed by atoms with E-state index in [4.69, 9.17) is 0 Å². The highest BCUT2D eigenvalue weighted by Gasteiger charge is 2.36. The smallest absolute Gasteiger partial charge is 0.266 e. The van der Waals surface area contributed by atoms with Gasteiger partial charge in [-0.25, -0.2) is 4.90 Å². The van der Waals surface area contributed by atoms with Gasteiger partial charge in [0, 0.05) is 17.6 Å². The first-order chi connectivity index (χ1) is 14.8. The Morgan fingerprint density at radius 2 is 1.39 bits per heavy atom. The Bertz CT molecular complexity index is 1100. The van der Waals surface area contributed by atoms with E-state index in [1.54, 1.807) is 48.5 Å². The van der Waals surface area contributed by atoms with Crippen molar-refractivity contribution < 1.29 is 24.3 Å². The van der Waals surface area contributed by atoms with Gasteiger partial charge in [-0.1, -0.05) is 23.3 Å². The van der Waals surface area contributed by atoms with Gasteiger partial charge in [0.05, 0.1) is 22.7 Å². The molecule has 0 aromatic heterocycles. The maximum atomic E-state index is 12.8. The Labute approximate surface area is 179 Å². The Morgan fingerprint density at radius 3 is 1.90 bits per heavy atom. The molecule has 1 aliphatic carbocycles. The molecule has 7 heteroatoms. The van der Waals surface area contributed by atoms with Crippen molar-refractivity contribution in [3.8, 4) is 0 Å². The predicted molar refractivity (Wildman–Crippen MR) is 112 cm³/mol. The van der Waals surface area contributed by atoms with Crippen molar-refractivity contribution in [2.75, 3.05) is 10.2 Å². The lowest BCUT2D eigenvalue weighted by molar-refractivity contribution is -0.313. The summed E-state index contributed by atoms with van der Waals surface area (Å²) in [5.74, 6) is -4.00. The van der Waals surface area contributed by atoms with Gasteiger partial charge >= 0.3 is 0 Å². The predicted octanol–water partition coefficient (Wildman–Crippen LogP) is 2.54. The fourth-order valence-corrected chi connectivity index (χ4v) is 4.17. The second-order valence-electron chi connectivity index (χ2n) is 8.03. The van der Waals surface area contributed by atoms with Crippen molar-refractivity contribution in [1.82, 2.24) is 0 Å². The average Bonchev–Trinajstić information content (AvgIpc) is 3.01. The summed E-state index contributed by atoms with van der Waals surface area (Å²) in [5.41, 5.74) is 3.54. The number of allylic oxidation sites excluding steroid dienone is 2. The number of carboxylic acids is 1. The van der Waals surface area contributed by atoms with Crippen LogP contribution >= 0.6 is 0 Å². The fraction of sp³-hybridized carbons (Fsp3) is 0.250. The number of hydrogen-bond donors (Lipinski definition) is 1. The van der Waals surface area contributed by atoms with Gasteiger partial charge in [-0.3, -0.25) is 14.4 Å². The van der Waals surface area contributed by atoms with Crippen LogP contribution in [0.3, 0.4) is 0 Å². The van der Waals surface area contributed by atoms with Crippen LogP contribution in [-0.4, -0.2) is 23.7 Å². The molecule has 2 aromatic carbocycles. The maximum Gasteiger partial charge on any atom is 0.266 e. The standard InChI is InChI=1S/C24H22N2O5/c1-13-11-19(20(24(30)31)12-14(13)2)21(27)25-15-7-9-16(10-8-15)26-22(28)17-5-3-4-6-18(17)23(26)29/h3-10,19-20H,11-12H2,1-2H3,(H,25,27)(H,30,31)/p-1/t19-,20+/m0/s1. The zero-order chi connectivity index (χ0) is 22.3. The highest BCUT2D eigenvalue weighted by atomic mass is 16.4. The number of anilines is 2. The molecule has 0 fully saturated rings. The van der Waals surface area contributed by atoms with E-state index in [0.717, 1.165) is 16.0 Å². The molecule has 158 valence electrons. The van der Waals surface area contributed by atoms with Crippen molar-refractivity contribution in [1.29, 1.82) is 0 Å². The van der Waals surface area contributed by atoms with E-state index in [0.29, 0.717) is 35.3 Å². The minimum absolute atomic E-state index is 0.297. The van der Waals surface area contributed by atoms with Crippen LogP contribution < -0.4 is 15.3 Å². The van der Waals surface area contributed by atoms with Gasteiger partial charge in [0.25, 0.3) is 11.8 Å². The molecule has 0 saturated heterocycles. The fourth-order valence-electron chi connectivity index (χ4n) is 4.17. The average molecular weight is 417 g/mol. The van der Waals surface area contributed by atoms with Crippen LogP contribution in [0.15, 0.2) is 59.7 Å².